The Morgan fingerprint density at radius 1 is 1.23 bits per heavy atom. The second kappa shape index (κ2) is 8.37. The molecule has 7 nitrogen and oxygen atoms in total. The molecule has 4 aromatic rings. The van der Waals surface area contributed by atoms with Gasteiger partial charge in [-0.25, -0.2) is 9.78 Å². The van der Waals surface area contributed by atoms with Gasteiger partial charge in [0.1, 0.15) is 0 Å². The fourth-order valence-corrected chi connectivity index (χ4v) is 3.87. The van der Waals surface area contributed by atoms with Crippen LogP contribution >= 0.6 is 27.3 Å². The van der Waals surface area contributed by atoms with Crippen LogP contribution in [0.3, 0.4) is 0 Å². The Morgan fingerprint density at radius 3 is 2.80 bits per heavy atom. The maximum absolute atomic E-state index is 12.8. The van der Waals surface area contributed by atoms with Gasteiger partial charge in [-0.3, -0.25) is 4.79 Å². The number of aryl methyl sites for hydroxylation is 2. The first-order valence-electron chi connectivity index (χ1n) is 8.96. The summed E-state index contributed by atoms with van der Waals surface area (Å²) in [7, 11) is 0. The van der Waals surface area contributed by atoms with Crippen molar-refractivity contribution >= 4 is 55.9 Å². The molecule has 1 N–H and O–H groups in total. The molecule has 0 aliphatic rings. The van der Waals surface area contributed by atoms with Crippen molar-refractivity contribution in [3.8, 4) is 10.6 Å². The van der Waals surface area contributed by atoms with Crippen LogP contribution in [0.1, 0.15) is 21.6 Å². The third kappa shape index (κ3) is 4.12. The van der Waals surface area contributed by atoms with E-state index in [1.165, 1.54) is 11.3 Å². The number of pyridine rings is 1. The number of thiophene rings is 1. The average molecular weight is 486 g/mol. The minimum absolute atomic E-state index is 0.250. The smallest absolute Gasteiger partial charge is 0.339 e. The first-order chi connectivity index (χ1) is 14.4. The number of hydrogen-bond donors (Lipinski definition) is 1. The van der Waals surface area contributed by atoms with E-state index in [9.17, 15) is 9.59 Å². The molecule has 0 saturated heterocycles. The van der Waals surface area contributed by atoms with Crippen LogP contribution in [0.2, 0.25) is 0 Å². The molecule has 0 aliphatic carbocycles. The van der Waals surface area contributed by atoms with Gasteiger partial charge in [-0.1, -0.05) is 27.2 Å². The molecule has 0 fully saturated rings. The van der Waals surface area contributed by atoms with Crippen LogP contribution in [-0.4, -0.2) is 28.6 Å². The average Bonchev–Trinajstić information content (AvgIpc) is 3.39. The quantitative estimate of drug-likeness (QED) is 0.394. The Bertz CT molecular complexity index is 1250. The first kappa shape index (κ1) is 20.2. The molecule has 0 saturated carbocycles. The molecular weight excluding hydrogens is 470 g/mol. The normalized spacial score (nSPS) is 10.9. The van der Waals surface area contributed by atoms with Crippen LogP contribution in [-0.2, 0) is 9.53 Å². The molecule has 30 heavy (non-hydrogen) atoms. The Balaban J connectivity index is 1.53. The number of carbonyl (C=O) groups is 2. The fraction of sp³-hybridized carbons (Fsp3) is 0.143. The molecule has 0 atom stereocenters. The number of nitrogens with zero attached hydrogens (tertiary/aromatic N) is 2. The highest BCUT2D eigenvalue weighted by Crippen LogP contribution is 2.29. The molecule has 0 unspecified atom stereocenters. The predicted molar refractivity (Wildman–Crippen MR) is 118 cm³/mol. The van der Waals surface area contributed by atoms with Crippen molar-refractivity contribution < 1.29 is 18.8 Å². The summed E-state index contributed by atoms with van der Waals surface area (Å²) >= 11 is 4.90. The third-order valence-electron chi connectivity index (χ3n) is 4.39. The van der Waals surface area contributed by atoms with Gasteiger partial charge in [0.25, 0.3) is 11.6 Å². The number of amides is 1. The van der Waals surface area contributed by atoms with Crippen molar-refractivity contribution in [1.29, 1.82) is 0 Å². The fourth-order valence-electron chi connectivity index (χ4n) is 2.93. The summed E-state index contributed by atoms with van der Waals surface area (Å²) in [6.45, 7) is 3.22. The Hall–Kier alpha value is -3.04. The zero-order valence-corrected chi connectivity index (χ0v) is 18.5. The van der Waals surface area contributed by atoms with Crippen molar-refractivity contribution in [2.24, 2.45) is 0 Å². The molecule has 1 amide bonds. The zero-order chi connectivity index (χ0) is 21.3. The standard InChI is InChI=1S/C21H16BrN3O4S/c1-11-8-13(5-6-15(11)22)23-18(26)10-28-21(27)14-9-16(17-4-3-7-30-17)24-20-19(14)12(2)25-29-20/h3-9H,10H2,1-2H3,(H,23,26). The Labute approximate surface area is 184 Å². The van der Waals surface area contributed by atoms with Crippen molar-refractivity contribution in [3.63, 3.8) is 0 Å². The van der Waals surface area contributed by atoms with E-state index in [1.54, 1.807) is 19.1 Å². The summed E-state index contributed by atoms with van der Waals surface area (Å²) in [6, 6.07) is 10.8. The number of benzene rings is 1. The number of esters is 1. The molecular formula is C21H16BrN3O4S. The lowest BCUT2D eigenvalue weighted by atomic mass is 10.1. The van der Waals surface area contributed by atoms with Gasteiger partial charge in [0, 0.05) is 10.2 Å². The van der Waals surface area contributed by atoms with Crippen LogP contribution in [0.5, 0.6) is 0 Å². The lowest BCUT2D eigenvalue weighted by Crippen LogP contribution is -2.21. The zero-order valence-electron chi connectivity index (χ0n) is 16.1. The molecule has 3 aromatic heterocycles. The number of halogens is 1. The minimum atomic E-state index is -0.645. The number of aromatic nitrogens is 2. The molecule has 0 bridgehead atoms. The van der Waals surface area contributed by atoms with Crippen LogP contribution in [0.15, 0.2) is 50.8 Å². The van der Waals surface area contributed by atoms with E-state index >= 15 is 0 Å². The van der Waals surface area contributed by atoms with E-state index in [0.717, 1.165) is 14.9 Å². The second-order valence-electron chi connectivity index (χ2n) is 6.57. The maximum atomic E-state index is 12.8. The van der Waals surface area contributed by atoms with E-state index in [1.807, 2.05) is 36.6 Å². The van der Waals surface area contributed by atoms with Crippen molar-refractivity contribution in [1.82, 2.24) is 10.1 Å². The Morgan fingerprint density at radius 2 is 2.07 bits per heavy atom. The maximum Gasteiger partial charge on any atom is 0.339 e. The first-order valence-corrected chi connectivity index (χ1v) is 10.6. The van der Waals surface area contributed by atoms with Gasteiger partial charge in [0.05, 0.1) is 27.2 Å². The molecule has 0 spiro atoms. The highest BCUT2D eigenvalue weighted by atomic mass is 79.9. The van der Waals surface area contributed by atoms with Gasteiger partial charge in [-0.15, -0.1) is 11.3 Å². The van der Waals surface area contributed by atoms with Crippen molar-refractivity contribution in [2.75, 3.05) is 11.9 Å². The van der Waals surface area contributed by atoms with E-state index in [2.05, 4.69) is 31.4 Å². The molecule has 0 radical (unpaired) electrons. The van der Waals surface area contributed by atoms with Gasteiger partial charge in [0.2, 0.25) is 0 Å². The highest BCUT2D eigenvalue weighted by Gasteiger charge is 2.21. The van der Waals surface area contributed by atoms with E-state index in [-0.39, 0.29) is 11.3 Å². The molecule has 9 heteroatoms. The van der Waals surface area contributed by atoms with Crippen LogP contribution < -0.4 is 5.32 Å². The highest BCUT2D eigenvalue weighted by molar-refractivity contribution is 9.10. The molecule has 152 valence electrons. The number of ether oxygens (including phenoxy) is 1. The lowest BCUT2D eigenvalue weighted by molar-refractivity contribution is -0.119. The van der Waals surface area contributed by atoms with Gasteiger partial charge in [-0.05, 0) is 55.1 Å². The van der Waals surface area contributed by atoms with E-state index < -0.39 is 18.5 Å². The van der Waals surface area contributed by atoms with Crippen LogP contribution in [0.4, 0.5) is 5.69 Å². The third-order valence-corrected chi connectivity index (χ3v) is 6.17. The number of rotatable bonds is 5. The van der Waals surface area contributed by atoms with Gasteiger partial charge < -0.3 is 14.6 Å². The monoisotopic (exact) mass is 485 g/mol. The summed E-state index contributed by atoms with van der Waals surface area (Å²) in [6.07, 6.45) is 0. The minimum Gasteiger partial charge on any atom is -0.452 e. The van der Waals surface area contributed by atoms with Crippen LogP contribution in [0, 0.1) is 13.8 Å². The Kier molecular flexibility index (Phi) is 5.65. The largest absolute Gasteiger partial charge is 0.452 e. The number of nitrogens with one attached hydrogen (secondary N) is 1. The van der Waals surface area contributed by atoms with Crippen molar-refractivity contribution in [2.45, 2.75) is 13.8 Å². The number of fused-ring (bicyclic) bond motifs is 1. The van der Waals surface area contributed by atoms with E-state index in [4.69, 9.17) is 9.26 Å². The van der Waals surface area contributed by atoms with Gasteiger partial charge >= 0.3 is 5.97 Å². The van der Waals surface area contributed by atoms with Gasteiger partial charge in [-0.2, -0.15) is 0 Å². The number of hydrogen-bond acceptors (Lipinski definition) is 7. The van der Waals surface area contributed by atoms with Crippen LogP contribution in [0.25, 0.3) is 21.7 Å². The number of anilines is 1. The van der Waals surface area contributed by atoms with E-state index in [0.29, 0.717) is 22.5 Å². The summed E-state index contributed by atoms with van der Waals surface area (Å²) in [5.41, 5.74) is 3.22. The summed E-state index contributed by atoms with van der Waals surface area (Å²) in [5, 5.41) is 9.01. The number of carbonyl (C=O) groups excluding carboxylic acids is 2. The summed E-state index contributed by atoms with van der Waals surface area (Å²) < 4.78 is 11.5. The molecule has 0 aliphatic heterocycles. The molecule has 4 rings (SSSR count). The summed E-state index contributed by atoms with van der Waals surface area (Å²) in [4.78, 5) is 30.3. The second-order valence-corrected chi connectivity index (χ2v) is 8.37. The molecule has 3 heterocycles. The predicted octanol–water partition coefficient (Wildman–Crippen LogP) is 5.13. The summed E-state index contributed by atoms with van der Waals surface area (Å²) in [5.74, 6) is -1.08. The SMILES string of the molecule is Cc1cc(NC(=O)COC(=O)c2cc(-c3cccs3)nc3onc(C)c23)ccc1Br. The lowest BCUT2D eigenvalue weighted by Gasteiger charge is -2.09. The topological polar surface area (TPSA) is 94.3 Å². The van der Waals surface area contributed by atoms with Crippen molar-refractivity contribution in [3.05, 3.63) is 63.1 Å². The van der Waals surface area contributed by atoms with Gasteiger partial charge in [0.15, 0.2) is 6.61 Å². The molecule has 1 aromatic carbocycles.